The molecule has 0 spiro atoms. The van der Waals surface area contributed by atoms with E-state index in [1.54, 1.807) is 7.11 Å². The molecule has 4 rings (SSSR count). The predicted octanol–water partition coefficient (Wildman–Crippen LogP) is 3.95. The quantitative estimate of drug-likeness (QED) is 0.393. The summed E-state index contributed by atoms with van der Waals surface area (Å²) in [7, 11) is -1.87. The first kappa shape index (κ1) is 25.3. The van der Waals surface area contributed by atoms with Crippen LogP contribution < -0.4 is 9.46 Å². The molecule has 1 aromatic heterocycles. The minimum absolute atomic E-state index is 0.0948. The van der Waals surface area contributed by atoms with E-state index in [4.69, 9.17) is 4.74 Å². The third kappa shape index (κ3) is 7.13. The summed E-state index contributed by atoms with van der Waals surface area (Å²) in [5.74, 6) is 1.89. The molecule has 2 aromatic carbocycles. The minimum atomic E-state index is -3.49. The highest BCUT2D eigenvalue weighted by Crippen LogP contribution is 2.23. The second kappa shape index (κ2) is 11.8. The normalized spacial score (nSPS) is 17.5. The molecule has 1 saturated heterocycles. The van der Waals surface area contributed by atoms with E-state index < -0.39 is 16.1 Å². The summed E-state index contributed by atoms with van der Waals surface area (Å²) in [6, 6.07) is 17.6. The molecule has 0 bridgehead atoms. The van der Waals surface area contributed by atoms with Crippen LogP contribution >= 0.6 is 0 Å². The molecule has 0 unspecified atom stereocenters. The van der Waals surface area contributed by atoms with Crippen LogP contribution in [0.15, 0.2) is 54.6 Å². The van der Waals surface area contributed by atoms with Crippen molar-refractivity contribution in [1.82, 2.24) is 24.8 Å². The van der Waals surface area contributed by atoms with Crippen molar-refractivity contribution in [2.45, 2.75) is 51.1 Å². The number of nitrogens with one attached hydrogen (secondary N) is 2. The van der Waals surface area contributed by atoms with Gasteiger partial charge in [0.25, 0.3) is 0 Å². The van der Waals surface area contributed by atoms with Crippen LogP contribution in [-0.2, 0) is 16.4 Å². The molecule has 2 atom stereocenters. The van der Waals surface area contributed by atoms with E-state index >= 15 is 0 Å². The molecule has 0 saturated carbocycles. The molecule has 8 nitrogen and oxygen atoms in total. The van der Waals surface area contributed by atoms with Crippen molar-refractivity contribution in [2.24, 2.45) is 0 Å². The van der Waals surface area contributed by atoms with Crippen molar-refractivity contribution in [1.29, 1.82) is 0 Å². The average molecular weight is 498 g/mol. The van der Waals surface area contributed by atoms with Crippen LogP contribution in [0.5, 0.6) is 5.75 Å². The number of H-pyrrole nitrogens is 1. The third-order valence-electron chi connectivity index (χ3n) is 6.62. The number of aryl methyl sites for hydroxylation is 1. The Morgan fingerprint density at radius 3 is 2.63 bits per heavy atom. The lowest BCUT2D eigenvalue weighted by Crippen LogP contribution is -2.34. The molecular formula is C26H35N5O3S. The molecule has 0 aliphatic carbocycles. The summed E-state index contributed by atoms with van der Waals surface area (Å²) in [5, 5.41) is 7.32. The second-order valence-electron chi connectivity index (χ2n) is 9.17. The van der Waals surface area contributed by atoms with Crippen molar-refractivity contribution in [3.05, 3.63) is 66.0 Å². The zero-order valence-corrected chi connectivity index (χ0v) is 21.3. The van der Waals surface area contributed by atoms with Gasteiger partial charge in [-0.2, -0.15) is 5.10 Å². The Kier molecular flexibility index (Phi) is 8.54. The Morgan fingerprint density at radius 1 is 1.17 bits per heavy atom. The first-order chi connectivity index (χ1) is 16.9. The van der Waals surface area contributed by atoms with E-state index in [9.17, 15) is 8.42 Å². The maximum atomic E-state index is 13.0. The smallest absolute Gasteiger partial charge is 0.212 e. The van der Waals surface area contributed by atoms with E-state index in [0.29, 0.717) is 30.5 Å². The molecule has 1 aliphatic heterocycles. The largest absolute Gasteiger partial charge is 0.497 e. The van der Waals surface area contributed by atoms with Gasteiger partial charge < -0.3 is 9.64 Å². The van der Waals surface area contributed by atoms with Gasteiger partial charge in [0.2, 0.25) is 10.0 Å². The fourth-order valence-electron chi connectivity index (χ4n) is 4.56. The molecule has 9 heteroatoms. The Hall–Kier alpha value is -2.75. The number of benzene rings is 2. The Morgan fingerprint density at radius 2 is 1.94 bits per heavy atom. The molecule has 0 radical (unpaired) electrons. The van der Waals surface area contributed by atoms with Gasteiger partial charge in [-0.1, -0.05) is 30.3 Å². The van der Waals surface area contributed by atoms with Crippen LogP contribution in [0.1, 0.15) is 50.0 Å². The average Bonchev–Trinajstić information content (AvgIpc) is 3.52. The summed E-state index contributed by atoms with van der Waals surface area (Å²) in [6.45, 7) is 4.07. The van der Waals surface area contributed by atoms with Gasteiger partial charge >= 0.3 is 0 Å². The third-order valence-corrected chi connectivity index (χ3v) is 8.09. The first-order valence-corrected chi connectivity index (χ1v) is 13.9. The second-order valence-corrected chi connectivity index (χ2v) is 11.0. The molecule has 3 aromatic rings. The number of nitrogens with zero attached hydrogens (tertiary/aromatic N) is 3. The van der Waals surface area contributed by atoms with Gasteiger partial charge in [0, 0.05) is 11.6 Å². The molecule has 1 aliphatic rings. The number of ether oxygens (including phenoxy) is 1. The van der Waals surface area contributed by atoms with Gasteiger partial charge in [-0.05, 0) is 81.9 Å². The van der Waals surface area contributed by atoms with Gasteiger partial charge in [-0.15, -0.1) is 0 Å². The van der Waals surface area contributed by atoms with E-state index in [2.05, 4.69) is 31.7 Å². The summed E-state index contributed by atoms with van der Waals surface area (Å²) in [4.78, 5) is 7.02. The van der Waals surface area contributed by atoms with Crippen molar-refractivity contribution in [3.8, 4) is 17.1 Å². The Labute approximate surface area is 208 Å². The van der Waals surface area contributed by atoms with Crippen LogP contribution in [0.3, 0.4) is 0 Å². The van der Waals surface area contributed by atoms with Gasteiger partial charge in [0.15, 0.2) is 5.82 Å². The number of hydrogen-bond donors (Lipinski definition) is 2. The highest BCUT2D eigenvalue weighted by atomic mass is 32.2. The molecule has 188 valence electrons. The molecule has 2 N–H and O–H groups in total. The predicted molar refractivity (Wildman–Crippen MR) is 138 cm³/mol. The fraction of sp³-hybridized carbons (Fsp3) is 0.462. The lowest BCUT2D eigenvalue weighted by Gasteiger charge is -2.21. The lowest BCUT2D eigenvalue weighted by molar-refractivity contribution is 0.269. The van der Waals surface area contributed by atoms with Gasteiger partial charge in [-0.25, -0.2) is 18.1 Å². The van der Waals surface area contributed by atoms with E-state index in [1.807, 2.05) is 54.6 Å². The number of methoxy groups -OCH3 is 1. The van der Waals surface area contributed by atoms with Gasteiger partial charge in [0.05, 0.1) is 18.9 Å². The van der Waals surface area contributed by atoms with Crippen LogP contribution in [0.2, 0.25) is 0 Å². The maximum absolute atomic E-state index is 13.0. The molecule has 0 amide bonds. The standard InChI is InChI=1S/C26H35N5O3S/c1-20-8-6-17-31(20)18-7-19-35(32,33)30-24(16-11-21-9-4-3-5-10-21)26-27-25(28-29-26)22-12-14-23(34-2)15-13-22/h3-5,9-10,12-15,20,24,30H,6-8,11,16-19H2,1-2H3,(H,27,28,29)/t20-,24-/m1/s1. The zero-order chi connectivity index (χ0) is 24.7. The van der Waals surface area contributed by atoms with Crippen molar-refractivity contribution >= 4 is 10.0 Å². The van der Waals surface area contributed by atoms with Gasteiger partial charge in [-0.3, -0.25) is 5.10 Å². The minimum Gasteiger partial charge on any atom is -0.497 e. The SMILES string of the molecule is COc1ccc(-c2n[nH]c([C@@H](CCc3ccccc3)NS(=O)(=O)CCCN3CCC[C@H]3C)n2)cc1. The number of hydrogen-bond acceptors (Lipinski definition) is 6. The van der Waals surface area contributed by atoms with E-state index in [1.165, 1.54) is 12.8 Å². The number of aromatic nitrogens is 3. The first-order valence-electron chi connectivity index (χ1n) is 12.3. The highest BCUT2D eigenvalue weighted by molar-refractivity contribution is 7.89. The molecule has 2 heterocycles. The molecule has 1 fully saturated rings. The summed E-state index contributed by atoms with van der Waals surface area (Å²) < 4.78 is 34.2. The highest BCUT2D eigenvalue weighted by Gasteiger charge is 2.24. The summed E-state index contributed by atoms with van der Waals surface area (Å²) in [6.07, 6.45) is 4.28. The van der Waals surface area contributed by atoms with Crippen molar-refractivity contribution in [3.63, 3.8) is 0 Å². The summed E-state index contributed by atoms with van der Waals surface area (Å²) in [5.41, 5.74) is 1.98. The Bertz CT molecular complexity index is 1170. The fourth-order valence-corrected chi connectivity index (χ4v) is 5.85. The molecule has 35 heavy (non-hydrogen) atoms. The monoisotopic (exact) mass is 497 g/mol. The van der Waals surface area contributed by atoms with Crippen LogP contribution in [0.4, 0.5) is 0 Å². The lowest BCUT2D eigenvalue weighted by atomic mass is 10.1. The number of aromatic amines is 1. The zero-order valence-electron chi connectivity index (χ0n) is 20.5. The number of rotatable bonds is 12. The van der Waals surface area contributed by atoms with E-state index in [-0.39, 0.29) is 5.75 Å². The van der Waals surface area contributed by atoms with E-state index in [0.717, 1.165) is 36.4 Å². The topological polar surface area (TPSA) is 100 Å². The van der Waals surface area contributed by atoms with Crippen molar-refractivity contribution in [2.75, 3.05) is 26.0 Å². The van der Waals surface area contributed by atoms with Crippen LogP contribution in [0.25, 0.3) is 11.4 Å². The number of likely N-dealkylation sites (tertiary alicyclic amines) is 1. The summed E-state index contributed by atoms with van der Waals surface area (Å²) >= 11 is 0. The molecular weight excluding hydrogens is 462 g/mol. The van der Waals surface area contributed by atoms with Crippen LogP contribution in [0, 0.1) is 0 Å². The van der Waals surface area contributed by atoms with Gasteiger partial charge in [0.1, 0.15) is 11.6 Å². The van der Waals surface area contributed by atoms with Crippen LogP contribution in [-0.4, -0.2) is 60.5 Å². The maximum Gasteiger partial charge on any atom is 0.212 e. The van der Waals surface area contributed by atoms with Crippen molar-refractivity contribution < 1.29 is 13.2 Å². The Balaban J connectivity index is 1.45. The number of sulfonamides is 1.